The molecule has 0 aromatic carbocycles. The molecule has 23 heavy (non-hydrogen) atoms. The summed E-state index contributed by atoms with van der Waals surface area (Å²) < 4.78 is 1.69. The van der Waals surface area contributed by atoms with Crippen LogP contribution in [-0.4, -0.2) is 55.4 Å². The van der Waals surface area contributed by atoms with Crippen molar-refractivity contribution in [2.45, 2.75) is 30.3 Å². The minimum atomic E-state index is -0.426. The van der Waals surface area contributed by atoms with Crippen LogP contribution in [0.25, 0.3) is 0 Å². The van der Waals surface area contributed by atoms with Gasteiger partial charge >= 0.3 is 6.03 Å². The fourth-order valence-corrected chi connectivity index (χ4v) is 3.78. The van der Waals surface area contributed by atoms with Crippen molar-refractivity contribution >= 4 is 35.0 Å². The van der Waals surface area contributed by atoms with Gasteiger partial charge in [-0.15, -0.1) is 16.4 Å². The van der Waals surface area contributed by atoms with Crippen LogP contribution in [0, 0.1) is 0 Å². The van der Waals surface area contributed by atoms with E-state index in [9.17, 15) is 9.59 Å². The van der Waals surface area contributed by atoms with Gasteiger partial charge in [0.25, 0.3) is 0 Å². The van der Waals surface area contributed by atoms with Gasteiger partial charge < -0.3 is 5.32 Å². The number of carbonyl (C=O) groups excluding carboxylic acids is 2. The summed E-state index contributed by atoms with van der Waals surface area (Å²) in [7, 11) is 0. The number of imide groups is 1. The van der Waals surface area contributed by atoms with Crippen molar-refractivity contribution in [3.05, 3.63) is 22.4 Å². The summed E-state index contributed by atoms with van der Waals surface area (Å²) in [5, 5.41) is 16.5. The minimum Gasteiger partial charge on any atom is -0.336 e. The molecule has 0 unspecified atom stereocenters. The predicted molar refractivity (Wildman–Crippen MR) is 86.3 cm³/mol. The Morgan fingerprint density at radius 1 is 1.57 bits per heavy atom. The Labute approximate surface area is 141 Å². The first kappa shape index (κ1) is 15.9. The fraction of sp³-hybridized carbons (Fsp3) is 0.462. The zero-order valence-corrected chi connectivity index (χ0v) is 14.1. The second-order valence-corrected chi connectivity index (χ2v) is 7.34. The lowest BCUT2D eigenvalue weighted by molar-refractivity contribution is -0.126. The summed E-state index contributed by atoms with van der Waals surface area (Å²) in [6.07, 6.45) is 0.840. The number of tetrazole rings is 1. The zero-order chi connectivity index (χ0) is 16.2. The lowest BCUT2D eigenvalue weighted by Gasteiger charge is -2.16. The molecule has 3 heterocycles. The molecule has 3 rings (SSSR count). The molecule has 10 heteroatoms. The van der Waals surface area contributed by atoms with E-state index in [-0.39, 0.29) is 11.9 Å². The number of hydrogen-bond donors (Lipinski definition) is 1. The standard InChI is InChI=1S/C13H16N6O2S2/c1-9(11(20)18-7-5-14-12(18)21)23-13-15-16-17-19(13)6-4-10-3-2-8-22-10/h2-3,8-9H,4-7H2,1H3,(H,14,21)/t9-/m0/s1. The van der Waals surface area contributed by atoms with Gasteiger partial charge in [0.15, 0.2) is 0 Å². The summed E-state index contributed by atoms with van der Waals surface area (Å²) >= 11 is 2.96. The maximum atomic E-state index is 12.3. The highest BCUT2D eigenvalue weighted by Gasteiger charge is 2.31. The highest BCUT2D eigenvalue weighted by Crippen LogP contribution is 2.23. The van der Waals surface area contributed by atoms with Crippen LogP contribution >= 0.6 is 23.1 Å². The number of thioether (sulfide) groups is 1. The third-order valence-electron chi connectivity index (χ3n) is 3.40. The summed E-state index contributed by atoms with van der Waals surface area (Å²) in [6, 6.07) is 3.75. The van der Waals surface area contributed by atoms with E-state index in [0.717, 1.165) is 6.42 Å². The molecule has 1 aliphatic rings. The van der Waals surface area contributed by atoms with Crippen LogP contribution in [0.15, 0.2) is 22.7 Å². The molecule has 1 saturated heterocycles. The average Bonchev–Trinajstić information content (AvgIpc) is 3.26. The van der Waals surface area contributed by atoms with E-state index in [0.29, 0.717) is 24.8 Å². The smallest absolute Gasteiger partial charge is 0.324 e. The normalized spacial score (nSPS) is 15.7. The zero-order valence-electron chi connectivity index (χ0n) is 12.5. The van der Waals surface area contributed by atoms with Gasteiger partial charge in [0.05, 0.1) is 11.8 Å². The molecule has 0 aliphatic carbocycles. The first-order valence-electron chi connectivity index (χ1n) is 7.19. The van der Waals surface area contributed by atoms with Crippen molar-refractivity contribution in [3.8, 4) is 0 Å². The van der Waals surface area contributed by atoms with Crippen molar-refractivity contribution < 1.29 is 9.59 Å². The molecular weight excluding hydrogens is 336 g/mol. The lowest BCUT2D eigenvalue weighted by Crippen LogP contribution is -2.39. The Morgan fingerprint density at radius 2 is 2.43 bits per heavy atom. The van der Waals surface area contributed by atoms with Crippen LogP contribution in [0.4, 0.5) is 4.79 Å². The largest absolute Gasteiger partial charge is 0.336 e. The molecule has 0 bridgehead atoms. The molecule has 0 saturated carbocycles. The number of aryl methyl sites for hydroxylation is 2. The van der Waals surface area contributed by atoms with E-state index in [2.05, 4.69) is 26.9 Å². The Bertz CT molecular complexity index is 686. The first-order chi connectivity index (χ1) is 11.1. The fourth-order valence-electron chi connectivity index (χ4n) is 2.20. The highest BCUT2D eigenvalue weighted by atomic mass is 32.2. The Balaban J connectivity index is 1.60. The minimum absolute atomic E-state index is 0.224. The number of hydrogen-bond acceptors (Lipinski definition) is 7. The molecule has 1 atom stereocenters. The van der Waals surface area contributed by atoms with Crippen LogP contribution in [0.5, 0.6) is 0 Å². The molecule has 1 N–H and O–H groups in total. The van der Waals surface area contributed by atoms with Gasteiger partial charge in [-0.25, -0.2) is 9.48 Å². The average molecular weight is 352 g/mol. The second kappa shape index (κ2) is 7.09. The number of amides is 3. The Morgan fingerprint density at radius 3 is 3.13 bits per heavy atom. The van der Waals surface area contributed by atoms with E-state index in [1.54, 1.807) is 22.9 Å². The molecule has 1 aliphatic heterocycles. The molecule has 122 valence electrons. The van der Waals surface area contributed by atoms with E-state index >= 15 is 0 Å². The summed E-state index contributed by atoms with van der Waals surface area (Å²) in [5.41, 5.74) is 0. The number of thiophene rings is 1. The molecule has 1 fully saturated rings. The van der Waals surface area contributed by atoms with Crippen LogP contribution in [0.1, 0.15) is 11.8 Å². The maximum Gasteiger partial charge on any atom is 0.324 e. The molecule has 0 radical (unpaired) electrons. The van der Waals surface area contributed by atoms with Gasteiger partial charge in [-0.1, -0.05) is 17.8 Å². The van der Waals surface area contributed by atoms with Gasteiger partial charge in [0, 0.05) is 24.4 Å². The van der Waals surface area contributed by atoms with Crippen LogP contribution < -0.4 is 5.32 Å². The van der Waals surface area contributed by atoms with Gasteiger partial charge in [0.1, 0.15) is 0 Å². The predicted octanol–water partition coefficient (Wildman–Crippen LogP) is 1.01. The van der Waals surface area contributed by atoms with Gasteiger partial charge in [-0.3, -0.25) is 9.69 Å². The van der Waals surface area contributed by atoms with Crippen LogP contribution in [0.2, 0.25) is 0 Å². The van der Waals surface area contributed by atoms with Crippen LogP contribution in [-0.2, 0) is 17.8 Å². The number of urea groups is 1. The first-order valence-corrected chi connectivity index (χ1v) is 8.95. The molecule has 3 amide bonds. The van der Waals surface area contributed by atoms with Gasteiger partial charge in [-0.2, -0.15) is 0 Å². The Hall–Kier alpha value is -1.94. The molecule has 8 nitrogen and oxygen atoms in total. The van der Waals surface area contributed by atoms with Crippen molar-refractivity contribution in [2.24, 2.45) is 0 Å². The topological polar surface area (TPSA) is 93.0 Å². The van der Waals surface area contributed by atoms with E-state index in [4.69, 9.17) is 0 Å². The molecular formula is C13H16N6O2S2. The third-order valence-corrected chi connectivity index (χ3v) is 5.40. The molecule has 2 aromatic rings. The van der Waals surface area contributed by atoms with Crippen molar-refractivity contribution in [1.29, 1.82) is 0 Å². The quantitative estimate of drug-likeness (QED) is 0.780. The SMILES string of the molecule is C[C@H](Sc1nnnn1CCc1cccs1)C(=O)N1CCNC1=O. The lowest BCUT2D eigenvalue weighted by atomic mass is 10.3. The van der Waals surface area contributed by atoms with Crippen molar-refractivity contribution in [2.75, 3.05) is 13.1 Å². The summed E-state index contributed by atoms with van der Waals surface area (Å²) in [6.45, 7) is 3.32. The Kier molecular flexibility index (Phi) is 4.91. The highest BCUT2D eigenvalue weighted by molar-refractivity contribution is 8.00. The second-order valence-electron chi connectivity index (χ2n) is 5.00. The summed E-state index contributed by atoms with van der Waals surface area (Å²) in [4.78, 5) is 26.4. The maximum absolute atomic E-state index is 12.3. The van der Waals surface area contributed by atoms with Crippen molar-refractivity contribution in [3.63, 3.8) is 0 Å². The molecule has 2 aromatic heterocycles. The monoisotopic (exact) mass is 352 g/mol. The number of aromatic nitrogens is 4. The van der Waals surface area contributed by atoms with Gasteiger partial charge in [-0.05, 0) is 28.8 Å². The number of carbonyl (C=O) groups is 2. The van der Waals surface area contributed by atoms with E-state index < -0.39 is 5.25 Å². The van der Waals surface area contributed by atoms with E-state index in [1.165, 1.54) is 21.5 Å². The van der Waals surface area contributed by atoms with Crippen LogP contribution in [0.3, 0.4) is 0 Å². The summed E-state index contributed by atoms with van der Waals surface area (Å²) in [5.74, 6) is -0.224. The third kappa shape index (κ3) is 3.70. The van der Waals surface area contributed by atoms with Gasteiger partial charge in [0.2, 0.25) is 11.1 Å². The molecule has 0 spiro atoms. The van der Waals surface area contributed by atoms with Crippen molar-refractivity contribution in [1.82, 2.24) is 30.4 Å². The van der Waals surface area contributed by atoms with E-state index in [1.807, 2.05) is 11.4 Å². The number of nitrogens with zero attached hydrogens (tertiary/aromatic N) is 5. The number of nitrogens with one attached hydrogen (secondary N) is 1. The number of rotatable bonds is 6.